The van der Waals surface area contributed by atoms with Gasteiger partial charge >= 0.3 is 0 Å². The summed E-state index contributed by atoms with van der Waals surface area (Å²) in [4.78, 5) is 0. The van der Waals surface area contributed by atoms with E-state index in [1.165, 1.54) is 0 Å². The summed E-state index contributed by atoms with van der Waals surface area (Å²) in [6, 6.07) is 5.78. The van der Waals surface area contributed by atoms with Gasteiger partial charge in [-0.15, -0.1) is 0 Å². The number of hydrogen-bond donors (Lipinski definition) is 0. The maximum absolute atomic E-state index is 5.44. The van der Waals surface area contributed by atoms with Crippen LogP contribution in [0.4, 0.5) is 0 Å². The first-order chi connectivity index (χ1) is 6.77. The fourth-order valence-electron chi connectivity index (χ4n) is 1.13. The second kappa shape index (κ2) is 5.50. The van der Waals surface area contributed by atoms with Gasteiger partial charge in [0.05, 0.1) is 13.7 Å². The van der Waals surface area contributed by atoms with Gasteiger partial charge < -0.3 is 14.2 Å². The Morgan fingerprint density at radius 3 is 2.57 bits per heavy atom. The van der Waals surface area contributed by atoms with Gasteiger partial charge in [-0.2, -0.15) is 0 Å². The maximum atomic E-state index is 5.44. The van der Waals surface area contributed by atoms with Crippen LogP contribution < -0.4 is 9.47 Å². The highest BCUT2D eigenvalue weighted by Gasteiger charge is 2.00. The lowest BCUT2D eigenvalue weighted by Gasteiger charge is -2.09. The summed E-state index contributed by atoms with van der Waals surface area (Å²) in [5.41, 5.74) is 1.10. The molecule has 1 aromatic carbocycles. The average Bonchev–Trinajstić information content (AvgIpc) is 2.21. The molecule has 0 aliphatic rings. The van der Waals surface area contributed by atoms with Crippen molar-refractivity contribution in [1.29, 1.82) is 0 Å². The van der Waals surface area contributed by atoms with Gasteiger partial charge in [0, 0.05) is 13.2 Å². The van der Waals surface area contributed by atoms with E-state index in [1.807, 2.05) is 25.1 Å². The number of aryl methyl sites for hydroxylation is 1. The third kappa shape index (κ3) is 2.92. The van der Waals surface area contributed by atoms with Crippen LogP contribution >= 0.6 is 0 Å². The lowest BCUT2D eigenvalue weighted by molar-refractivity contribution is 0.146. The first kappa shape index (κ1) is 10.9. The third-order valence-electron chi connectivity index (χ3n) is 1.94. The zero-order chi connectivity index (χ0) is 10.4. The van der Waals surface area contributed by atoms with Gasteiger partial charge in [0.1, 0.15) is 18.1 Å². The molecule has 78 valence electrons. The molecule has 0 radical (unpaired) electrons. The zero-order valence-electron chi connectivity index (χ0n) is 8.87. The molecule has 1 aromatic rings. The first-order valence-electron chi connectivity index (χ1n) is 4.54. The van der Waals surface area contributed by atoms with Crippen molar-refractivity contribution in [2.24, 2.45) is 0 Å². The highest BCUT2D eigenvalue weighted by atomic mass is 16.5. The van der Waals surface area contributed by atoms with E-state index in [0.717, 1.165) is 17.1 Å². The molecule has 0 saturated carbocycles. The molecule has 0 unspecified atom stereocenters. The Morgan fingerprint density at radius 1 is 1.14 bits per heavy atom. The van der Waals surface area contributed by atoms with E-state index in [-0.39, 0.29) is 0 Å². The molecule has 1 rings (SSSR count). The molecular formula is C11H16O3. The zero-order valence-corrected chi connectivity index (χ0v) is 8.87. The molecule has 0 aromatic heterocycles. The molecule has 0 spiro atoms. The number of rotatable bonds is 5. The summed E-state index contributed by atoms with van der Waals surface area (Å²) in [6.07, 6.45) is 0. The van der Waals surface area contributed by atoms with Gasteiger partial charge in [0.25, 0.3) is 0 Å². The summed E-state index contributed by atoms with van der Waals surface area (Å²) in [5, 5.41) is 0. The average molecular weight is 196 g/mol. The van der Waals surface area contributed by atoms with E-state index < -0.39 is 0 Å². The Hall–Kier alpha value is -1.22. The Morgan fingerprint density at radius 2 is 1.93 bits per heavy atom. The molecule has 0 heterocycles. The van der Waals surface area contributed by atoms with Gasteiger partial charge in [-0.3, -0.25) is 0 Å². The Balaban J connectivity index is 2.60. The van der Waals surface area contributed by atoms with E-state index >= 15 is 0 Å². The van der Waals surface area contributed by atoms with Crippen molar-refractivity contribution < 1.29 is 14.2 Å². The number of benzene rings is 1. The Labute approximate surface area is 84.6 Å². The SMILES string of the molecule is COCCOc1ccc(C)c(OC)c1. The van der Waals surface area contributed by atoms with E-state index in [1.54, 1.807) is 14.2 Å². The summed E-state index contributed by atoms with van der Waals surface area (Å²) < 4.78 is 15.5. The maximum Gasteiger partial charge on any atom is 0.125 e. The second-order valence-corrected chi connectivity index (χ2v) is 2.97. The van der Waals surface area contributed by atoms with Crippen LogP contribution in [-0.2, 0) is 4.74 Å². The quantitative estimate of drug-likeness (QED) is 0.674. The highest BCUT2D eigenvalue weighted by Crippen LogP contribution is 2.23. The standard InChI is InChI=1S/C11H16O3/c1-9-4-5-10(8-11(9)13-3)14-7-6-12-2/h4-5,8H,6-7H2,1-3H3. The molecule has 0 aliphatic heterocycles. The van der Waals surface area contributed by atoms with Crippen LogP contribution in [0.1, 0.15) is 5.56 Å². The monoisotopic (exact) mass is 196 g/mol. The molecule has 0 atom stereocenters. The lowest BCUT2D eigenvalue weighted by atomic mass is 10.2. The van der Waals surface area contributed by atoms with Crippen LogP contribution in [0, 0.1) is 6.92 Å². The number of methoxy groups -OCH3 is 2. The van der Waals surface area contributed by atoms with Gasteiger partial charge in [0.15, 0.2) is 0 Å². The molecule has 0 saturated heterocycles. The summed E-state index contributed by atoms with van der Waals surface area (Å²) in [7, 11) is 3.31. The first-order valence-corrected chi connectivity index (χ1v) is 4.54. The molecule has 0 fully saturated rings. The van der Waals surface area contributed by atoms with Crippen molar-refractivity contribution in [2.45, 2.75) is 6.92 Å². The van der Waals surface area contributed by atoms with Crippen molar-refractivity contribution in [2.75, 3.05) is 27.4 Å². The molecule has 3 heteroatoms. The normalized spacial score (nSPS) is 9.93. The predicted octanol–water partition coefficient (Wildman–Crippen LogP) is 2.03. The molecule has 0 N–H and O–H groups in total. The fraction of sp³-hybridized carbons (Fsp3) is 0.455. The minimum atomic E-state index is 0.558. The molecule has 0 aliphatic carbocycles. The Bertz CT molecular complexity index is 284. The highest BCUT2D eigenvalue weighted by molar-refractivity contribution is 5.39. The van der Waals surface area contributed by atoms with Crippen LogP contribution in [0.15, 0.2) is 18.2 Å². The van der Waals surface area contributed by atoms with Crippen molar-refractivity contribution in [3.8, 4) is 11.5 Å². The molecule has 0 amide bonds. The second-order valence-electron chi connectivity index (χ2n) is 2.97. The summed E-state index contributed by atoms with van der Waals surface area (Å²) in [5.74, 6) is 1.66. The number of ether oxygens (including phenoxy) is 3. The topological polar surface area (TPSA) is 27.7 Å². The van der Waals surface area contributed by atoms with E-state index in [0.29, 0.717) is 13.2 Å². The molecule has 0 bridgehead atoms. The van der Waals surface area contributed by atoms with Crippen molar-refractivity contribution >= 4 is 0 Å². The summed E-state index contributed by atoms with van der Waals surface area (Å²) >= 11 is 0. The number of hydrogen-bond acceptors (Lipinski definition) is 3. The van der Waals surface area contributed by atoms with Gasteiger partial charge in [-0.1, -0.05) is 6.07 Å². The summed E-state index contributed by atoms with van der Waals surface area (Å²) in [6.45, 7) is 3.15. The van der Waals surface area contributed by atoms with E-state index in [9.17, 15) is 0 Å². The van der Waals surface area contributed by atoms with Crippen molar-refractivity contribution in [1.82, 2.24) is 0 Å². The predicted molar refractivity (Wildman–Crippen MR) is 55.1 cm³/mol. The van der Waals surface area contributed by atoms with Gasteiger partial charge in [0.2, 0.25) is 0 Å². The molecular weight excluding hydrogens is 180 g/mol. The smallest absolute Gasteiger partial charge is 0.125 e. The van der Waals surface area contributed by atoms with Crippen LogP contribution in [0.3, 0.4) is 0 Å². The van der Waals surface area contributed by atoms with Crippen molar-refractivity contribution in [3.05, 3.63) is 23.8 Å². The van der Waals surface area contributed by atoms with Crippen LogP contribution in [0.25, 0.3) is 0 Å². The van der Waals surface area contributed by atoms with E-state index in [4.69, 9.17) is 14.2 Å². The molecule has 14 heavy (non-hydrogen) atoms. The third-order valence-corrected chi connectivity index (χ3v) is 1.94. The Kier molecular flexibility index (Phi) is 4.26. The minimum absolute atomic E-state index is 0.558. The van der Waals surface area contributed by atoms with Gasteiger partial charge in [-0.05, 0) is 18.6 Å². The van der Waals surface area contributed by atoms with Crippen molar-refractivity contribution in [3.63, 3.8) is 0 Å². The largest absolute Gasteiger partial charge is 0.496 e. The lowest BCUT2D eigenvalue weighted by Crippen LogP contribution is -2.04. The van der Waals surface area contributed by atoms with Crippen LogP contribution in [-0.4, -0.2) is 27.4 Å². The minimum Gasteiger partial charge on any atom is -0.496 e. The fourth-order valence-corrected chi connectivity index (χ4v) is 1.13. The van der Waals surface area contributed by atoms with Gasteiger partial charge in [-0.25, -0.2) is 0 Å². The molecule has 3 nitrogen and oxygen atoms in total. The van der Waals surface area contributed by atoms with Crippen LogP contribution in [0.5, 0.6) is 11.5 Å². The van der Waals surface area contributed by atoms with Crippen LogP contribution in [0.2, 0.25) is 0 Å². The van der Waals surface area contributed by atoms with E-state index in [2.05, 4.69) is 0 Å².